The molecule has 0 saturated carbocycles. The van der Waals surface area contributed by atoms with E-state index in [-0.39, 0.29) is 17.7 Å². The minimum atomic E-state index is -0.0156. The molecule has 0 aliphatic carbocycles. The van der Waals surface area contributed by atoms with E-state index in [9.17, 15) is 9.59 Å². The lowest BCUT2D eigenvalue weighted by molar-refractivity contribution is -0.125. The van der Waals surface area contributed by atoms with Gasteiger partial charge in [0.1, 0.15) is 5.52 Å². The van der Waals surface area contributed by atoms with Crippen molar-refractivity contribution in [3.05, 3.63) is 65.2 Å². The van der Waals surface area contributed by atoms with Crippen LogP contribution in [0.2, 0.25) is 0 Å². The van der Waals surface area contributed by atoms with Gasteiger partial charge >= 0.3 is 0 Å². The highest BCUT2D eigenvalue weighted by Crippen LogP contribution is 2.32. The van der Waals surface area contributed by atoms with Crippen molar-refractivity contribution in [3.8, 4) is 6.07 Å². The minimum absolute atomic E-state index is 0.00108. The normalized spacial score (nSPS) is 20.5. The molecule has 160 valence electrons. The first-order valence-corrected chi connectivity index (χ1v) is 10.7. The third kappa shape index (κ3) is 3.85. The maximum Gasteiger partial charge on any atom is 0.253 e. The number of fused-ring (bicyclic) bond motifs is 2. The maximum absolute atomic E-state index is 13.0. The summed E-state index contributed by atoms with van der Waals surface area (Å²) in [4.78, 5) is 29.5. The number of hydrogen-bond donors (Lipinski definition) is 1. The number of aromatic amines is 1. The zero-order chi connectivity index (χ0) is 22.1. The van der Waals surface area contributed by atoms with Gasteiger partial charge in [0.05, 0.1) is 17.1 Å². The molecular formula is C24H22N6O2. The highest BCUT2D eigenvalue weighted by molar-refractivity contribution is 5.97. The lowest BCUT2D eigenvalue weighted by Crippen LogP contribution is -2.43. The highest BCUT2D eigenvalue weighted by Gasteiger charge is 2.39. The van der Waals surface area contributed by atoms with E-state index >= 15 is 0 Å². The Morgan fingerprint density at radius 1 is 1.06 bits per heavy atom. The van der Waals surface area contributed by atoms with Crippen molar-refractivity contribution in [2.24, 2.45) is 11.8 Å². The van der Waals surface area contributed by atoms with Gasteiger partial charge in [-0.05, 0) is 60.2 Å². The number of hydrogen-bond acceptors (Lipinski definition) is 5. The van der Waals surface area contributed by atoms with Crippen molar-refractivity contribution >= 4 is 28.9 Å². The van der Waals surface area contributed by atoms with Crippen molar-refractivity contribution in [2.45, 2.75) is 6.42 Å². The number of aromatic nitrogens is 3. The Balaban J connectivity index is 1.21. The van der Waals surface area contributed by atoms with Gasteiger partial charge in [-0.2, -0.15) is 5.26 Å². The summed E-state index contributed by atoms with van der Waals surface area (Å²) in [6.45, 7) is 2.74. The van der Waals surface area contributed by atoms with E-state index < -0.39 is 0 Å². The number of carbonyl (C=O) groups excluding carboxylic acids is 2. The Labute approximate surface area is 185 Å². The van der Waals surface area contributed by atoms with Crippen LogP contribution in [0.15, 0.2) is 48.5 Å². The second kappa shape index (κ2) is 8.27. The molecule has 3 heterocycles. The van der Waals surface area contributed by atoms with E-state index in [0.29, 0.717) is 42.2 Å². The molecule has 2 unspecified atom stereocenters. The van der Waals surface area contributed by atoms with Gasteiger partial charge in [-0.3, -0.25) is 14.7 Å². The molecular weight excluding hydrogens is 404 g/mol. The number of nitrogens with one attached hydrogen (secondary N) is 1. The van der Waals surface area contributed by atoms with Crippen LogP contribution in [0.1, 0.15) is 27.9 Å². The van der Waals surface area contributed by atoms with E-state index in [1.165, 1.54) is 0 Å². The molecule has 8 nitrogen and oxygen atoms in total. The molecule has 2 fully saturated rings. The van der Waals surface area contributed by atoms with Crippen LogP contribution in [0, 0.1) is 23.2 Å². The van der Waals surface area contributed by atoms with Crippen molar-refractivity contribution in [1.82, 2.24) is 25.2 Å². The first-order chi connectivity index (χ1) is 15.6. The summed E-state index contributed by atoms with van der Waals surface area (Å²) >= 11 is 0. The second-order valence-corrected chi connectivity index (χ2v) is 8.41. The average Bonchev–Trinajstić information content (AvgIpc) is 3.48. The van der Waals surface area contributed by atoms with Crippen LogP contribution in [0.4, 0.5) is 0 Å². The molecule has 0 bridgehead atoms. The molecule has 2 amide bonds. The smallest absolute Gasteiger partial charge is 0.253 e. The number of piperidine rings is 1. The van der Waals surface area contributed by atoms with Gasteiger partial charge in [0.25, 0.3) is 5.91 Å². The van der Waals surface area contributed by atoms with Gasteiger partial charge in [0, 0.05) is 37.8 Å². The minimum Gasteiger partial charge on any atom is -0.339 e. The Hall–Kier alpha value is -3.99. The maximum atomic E-state index is 13.0. The molecule has 5 rings (SSSR count). The summed E-state index contributed by atoms with van der Waals surface area (Å²) in [7, 11) is 0. The fourth-order valence-electron chi connectivity index (χ4n) is 4.63. The van der Waals surface area contributed by atoms with E-state index in [0.717, 1.165) is 24.0 Å². The van der Waals surface area contributed by atoms with Crippen molar-refractivity contribution in [2.75, 3.05) is 26.2 Å². The number of nitriles is 1. The van der Waals surface area contributed by atoms with Crippen molar-refractivity contribution < 1.29 is 9.59 Å². The third-order valence-corrected chi connectivity index (χ3v) is 6.43. The molecule has 2 saturated heterocycles. The average molecular weight is 426 g/mol. The number of benzene rings is 2. The zero-order valence-electron chi connectivity index (χ0n) is 17.4. The monoisotopic (exact) mass is 426 g/mol. The fraction of sp³-hybridized carbons (Fsp3) is 0.292. The largest absolute Gasteiger partial charge is 0.339 e. The summed E-state index contributed by atoms with van der Waals surface area (Å²) in [6, 6.07) is 14.6. The molecule has 0 radical (unpaired) electrons. The summed E-state index contributed by atoms with van der Waals surface area (Å²) in [5, 5.41) is 19.4. The molecule has 2 atom stereocenters. The standard InChI is InChI=1S/C24H22N6O2/c25-12-17-3-1-16(2-4-17)5-8-23(31)30-13-19-9-10-29(14-20(19)15-30)24(32)18-6-7-21-22(11-18)27-28-26-21/h1-8,11,19-20H,9-10,13-15H2,(H,26,27,28)/b8-5+. The molecule has 1 N–H and O–H groups in total. The number of rotatable bonds is 3. The van der Waals surface area contributed by atoms with E-state index in [4.69, 9.17) is 5.26 Å². The molecule has 0 spiro atoms. The Bertz CT molecular complexity index is 1240. The second-order valence-electron chi connectivity index (χ2n) is 8.41. The van der Waals surface area contributed by atoms with Crippen LogP contribution in [0.25, 0.3) is 17.1 Å². The quantitative estimate of drug-likeness (QED) is 0.648. The third-order valence-electron chi connectivity index (χ3n) is 6.43. The topological polar surface area (TPSA) is 106 Å². The molecule has 2 aliphatic rings. The number of carbonyl (C=O) groups is 2. The van der Waals surface area contributed by atoms with Gasteiger partial charge < -0.3 is 9.80 Å². The molecule has 2 aliphatic heterocycles. The number of amides is 2. The molecule has 1 aromatic heterocycles. The van der Waals surface area contributed by atoms with Crippen LogP contribution in [0.5, 0.6) is 0 Å². The van der Waals surface area contributed by atoms with Crippen LogP contribution in [-0.4, -0.2) is 63.2 Å². The SMILES string of the molecule is N#Cc1ccc(/C=C/C(=O)N2CC3CCN(C(=O)c4ccc5[nH]nnc5c4)CC3C2)cc1. The van der Waals surface area contributed by atoms with Crippen LogP contribution in [0.3, 0.4) is 0 Å². The van der Waals surface area contributed by atoms with Gasteiger partial charge in [0.15, 0.2) is 0 Å². The van der Waals surface area contributed by atoms with Gasteiger partial charge in [-0.15, -0.1) is 5.10 Å². The first kappa shape index (κ1) is 19.9. The van der Waals surface area contributed by atoms with Gasteiger partial charge in [-0.1, -0.05) is 17.3 Å². The Morgan fingerprint density at radius 2 is 1.84 bits per heavy atom. The van der Waals surface area contributed by atoms with Crippen molar-refractivity contribution in [1.29, 1.82) is 5.26 Å². The summed E-state index contributed by atoms with van der Waals surface area (Å²) in [5.41, 5.74) is 3.57. The van der Waals surface area contributed by atoms with E-state index in [2.05, 4.69) is 21.5 Å². The fourth-order valence-corrected chi connectivity index (χ4v) is 4.63. The lowest BCUT2D eigenvalue weighted by atomic mass is 9.88. The van der Waals surface area contributed by atoms with Crippen LogP contribution in [-0.2, 0) is 4.79 Å². The van der Waals surface area contributed by atoms with Crippen LogP contribution >= 0.6 is 0 Å². The summed E-state index contributed by atoms with van der Waals surface area (Å²) in [6.07, 6.45) is 4.27. The number of likely N-dealkylation sites (tertiary alicyclic amines) is 2. The predicted octanol–water partition coefficient (Wildman–Crippen LogP) is 2.46. The lowest BCUT2D eigenvalue weighted by Gasteiger charge is -2.34. The number of H-pyrrole nitrogens is 1. The van der Waals surface area contributed by atoms with Gasteiger partial charge in [-0.25, -0.2) is 0 Å². The van der Waals surface area contributed by atoms with E-state index in [1.807, 2.05) is 28.0 Å². The molecule has 32 heavy (non-hydrogen) atoms. The van der Waals surface area contributed by atoms with E-state index in [1.54, 1.807) is 36.4 Å². The zero-order valence-corrected chi connectivity index (χ0v) is 17.4. The molecule has 2 aromatic carbocycles. The summed E-state index contributed by atoms with van der Waals surface area (Å²) in [5.74, 6) is 0.692. The summed E-state index contributed by atoms with van der Waals surface area (Å²) < 4.78 is 0. The van der Waals surface area contributed by atoms with Crippen LogP contribution < -0.4 is 0 Å². The predicted molar refractivity (Wildman–Crippen MR) is 118 cm³/mol. The van der Waals surface area contributed by atoms with Crippen molar-refractivity contribution in [3.63, 3.8) is 0 Å². The highest BCUT2D eigenvalue weighted by atomic mass is 16.2. The molecule has 3 aromatic rings. The van der Waals surface area contributed by atoms with Gasteiger partial charge in [0.2, 0.25) is 5.91 Å². The Morgan fingerprint density at radius 3 is 2.66 bits per heavy atom. The first-order valence-electron chi connectivity index (χ1n) is 10.7. The molecule has 8 heteroatoms. The number of nitrogens with zero attached hydrogens (tertiary/aromatic N) is 5. The Kier molecular flexibility index (Phi) is 5.15.